The topological polar surface area (TPSA) is 95.9 Å². The number of aliphatic carboxylic acids is 1. The van der Waals surface area contributed by atoms with Gasteiger partial charge in [-0.2, -0.15) is 0 Å². The third-order valence-corrected chi connectivity index (χ3v) is 3.23. The van der Waals surface area contributed by atoms with E-state index in [0.717, 1.165) is 6.92 Å². The van der Waals surface area contributed by atoms with Crippen molar-refractivity contribution >= 4 is 27.8 Å². The Hall–Kier alpha value is -1.60. The fraction of sp³-hybridized carbons (Fsp3) is 0.385. The minimum absolute atomic E-state index is 0.398. The van der Waals surface area contributed by atoms with Gasteiger partial charge in [-0.25, -0.2) is 4.79 Å². The number of ether oxygens (including phenoxy) is 1. The molecule has 1 aromatic carbocycles. The molecule has 0 aromatic heterocycles. The van der Waals surface area contributed by atoms with E-state index in [2.05, 4.69) is 21.2 Å². The number of hydrogen-bond acceptors (Lipinski definition) is 4. The van der Waals surface area contributed by atoms with Crippen LogP contribution in [-0.4, -0.2) is 40.3 Å². The van der Waals surface area contributed by atoms with Gasteiger partial charge in [0.2, 0.25) is 0 Å². The average Bonchev–Trinajstić information content (AvgIpc) is 2.38. The molecule has 3 N–H and O–H groups in total. The van der Waals surface area contributed by atoms with E-state index >= 15 is 0 Å². The maximum absolute atomic E-state index is 11.8. The fourth-order valence-corrected chi connectivity index (χ4v) is 1.64. The minimum atomic E-state index is -2.01. The van der Waals surface area contributed by atoms with Gasteiger partial charge in [0, 0.05) is 0 Å². The summed E-state index contributed by atoms with van der Waals surface area (Å²) in [5.74, 6) is -1.42. The van der Waals surface area contributed by atoms with Crippen LogP contribution in [0.4, 0.5) is 0 Å². The Morgan fingerprint density at radius 3 is 2.60 bits per heavy atom. The summed E-state index contributed by atoms with van der Waals surface area (Å²) in [7, 11) is 0. The fourth-order valence-electron chi connectivity index (χ4n) is 1.26. The van der Waals surface area contributed by atoms with Crippen LogP contribution in [0.5, 0.6) is 5.75 Å². The largest absolute Gasteiger partial charge is 0.480 e. The van der Waals surface area contributed by atoms with Crippen LogP contribution in [0, 0.1) is 0 Å². The molecular weight excluding hydrogens is 330 g/mol. The summed E-state index contributed by atoms with van der Waals surface area (Å²) in [4.78, 5) is 22.5. The Labute approximate surface area is 124 Å². The van der Waals surface area contributed by atoms with E-state index < -0.39 is 30.1 Å². The summed E-state index contributed by atoms with van der Waals surface area (Å²) in [6.45, 7) is 2.24. The number of rotatable bonds is 6. The first-order chi connectivity index (χ1) is 9.24. The second kappa shape index (κ2) is 6.71. The molecule has 0 aliphatic rings. The van der Waals surface area contributed by atoms with Crippen molar-refractivity contribution in [1.29, 1.82) is 0 Å². The molecule has 1 amide bonds. The van der Waals surface area contributed by atoms with Gasteiger partial charge in [0.05, 0.1) is 11.0 Å². The Bertz CT molecular complexity index is 503. The number of aliphatic hydroxyl groups is 1. The zero-order valence-electron chi connectivity index (χ0n) is 11.1. The number of carboxylic acid groups (broad SMARTS) is 1. The highest BCUT2D eigenvalue weighted by atomic mass is 79.9. The van der Waals surface area contributed by atoms with Crippen molar-refractivity contribution in [3.8, 4) is 5.75 Å². The molecule has 0 fully saturated rings. The van der Waals surface area contributed by atoms with Gasteiger partial charge in [-0.1, -0.05) is 12.1 Å². The van der Waals surface area contributed by atoms with Gasteiger partial charge < -0.3 is 20.3 Å². The lowest BCUT2D eigenvalue weighted by Gasteiger charge is -2.20. The van der Waals surface area contributed by atoms with Crippen LogP contribution in [0.25, 0.3) is 0 Å². The zero-order chi connectivity index (χ0) is 15.3. The van der Waals surface area contributed by atoms with E-state index in [1.807, 2.05) is 6.07 Å². The standard InChI is InChI=1S/C13H16BrNO5/c1-8(20-10-6-4-3-5-9(10)14)11(16)15-7-13(2,19)12(17)18/h3-6,8,19H,7H2,1-2H3,(H,15,16)(H,17,18). The first-order valence-electron chi connectivity index (χ1n) is 5.88. The third kappa shape index (κ3) is 4.50. The van der Waals surface area contributed by atoms with E-state index in [1.54, 1.807) is 18.2 Å². The van der Waals surface area contributed by atoms with Crippen molar-refractivity contribution in [2.75, 3.05) is 6.54 Å². The molecule has 1 rings (SSSR count). The summed E-state index contributed by atoms with van der Waals surface area (Å²) in [5.41, 5.74) is -2.01. The van der Waals surface area contributed by atoms with Crippen LogP contribution < -0.4 is 10.1 Å². The smallest absolute Gasteiger partial charge is 0.337 e. The van der Waals surface area contributed by atoms with Crippen LogP contribution in [0.15, 0.2) is 28.7 Å². The summed E-state index contributed by atoms with van der Waals surface area (Å²) >= 11 is 3.29. The number of para-hydroxylation sites is 1. The molecule has 0 aliphatic carbocycles. The van der Waals surface area contributed by atoms with Crippen molar-refractivity contribution in [2.24, 2.45) is 0 Å². The SMILES string of the molecule is CC(Oc1ccccc1Br)C(=O)NCC(C)(O)C(=O)O. The maximum atomic E-state index is 11.8. The Morgan fingerprint density at radius 1 is 1.45 bits per heavy atom. The van der Waals surface area contributed by atoms with Gasteiger partial charge in [-0.15, -0.1) is 0 Å². The molecule has 110 valence electrons. The van der Waals surface area contributed by atoms with Gasteiger partial charge in [-0.05, 0) is 41.9 Å². The Balaban J connectivity index is 2.56. The van der Waals surface area contributed by atoms with Crippen LogP contribution in [-0.2, 0) is 9.59 Å². The normalized spacial score (nSPS) is 15.0. The molecule has 0 heterocycles. The van der Waals surface area contributed by atoms with Crippen LogP contribution in [0.1, 0.15) is 13.8 Å². The summed E-state index contributed by atoms with van der Waals surface area (Å²) in [5, 5.41) is 20.6. The van der Waals surface area contributed by atoms with Gasteiger partial charge >= 0.3 is 5.97 Å². The second-order valence-corrected chi connectivity index (χ2v) is 5.34. The van der Waals surface area contributed by atoms with E-state index in [4.69, 9.17) is 9.84 Å². The highest BCUT2D eigenvalue weighted by Gasteiger charge is 2.31. The lowest BCUT2D eigenvalue weighted by Crippen LogP contribution is -2.49. The molecule has 7 heteroatoms. The predicted molar refractivity (Wildman–Crippen MR) is 75.5 cm³/mol. The molecule has 20 heavy (non-hydrogen) atoms. The monoisotopic (exact) mass is 345 g/mol. The number of amides is 1. The molecule has 0 saturated heterocycles. The lowest BCUT2D eigenvalue weighted by molar-refractivity contribution is -0.156. The quantitative estimate of drug-likeness (QED) is 0.719. The van der Waals surface area contributed by atoms with E-state index in [0.29, 0.717) is 10.2 Å². The molecule has 0 saturated carbocycles. The van der Waals surface area contributed by atoms with Crippen molar-refractivity contribution in [1.82, 2.24) is 5.32 Å². The van der Waals surface area contributed by atoms with Crippen LogP contribution in [0.3, 0.4) is 0 Å². The molecule has 2 unspecified atom stereocenters. The Morgan fingerprint density at radius 2 is 2.05 bits per heavy atom. The van der Waals surface area contributed by atoms with E-state index in [1.165, 1.54) is 6.92 Å². The number of benzene rings is 1. The highest BCUT2D eigenvalue weighted by Crippen LogP contribution is 2.24. The van der Waals surface area contributed by atoms with E-state index in [-0.39, 0.29) is 0 Å². The summed E-state index contributed by atoms with van der Waals surface area (Å²) in [6, 6.07) is 7.04. The van der Waals surface area contributed by atoms with Crippen molar-refractivity contribution in [3.05, 3.63) is 28.7 Å². The molecular formula is C13H16BrNO5. The van der Waals surface area contributed by atoms with Crippen molar-refractivity contribution < 1.29 is 24.5 Å². The summed E-state index contributed by atoms with van der Waals surface area (Å²) < 4.78 is 6.15. The Kier molecular flexibility index (Phi) is 5.52. The first kappa shape index (κ1) is 16.5. The van der Waals surface area contributed by atoms with Gasteiger partial charge in [-0.3, -0.25) is 4.79 Å². The van der Waals surface area contributed by atoms with Gasteiger partial charge in [0.1, 0.15) is 5.75 Å². The van der Waals surface area contributed by atoms with Crippen LogP contribution >= 0.6 is 15.9 Å². The number of carbonyl (C=O) groups is 2. The highest BCUT2D eigenvalue weighted by molar-refractivity contribution is 9.10. The molecule has 1 aromatic rings. The van der Waals surface area contributed by atoms with E-state index in [9.17, 15) is 14.7 Å². The number of hydrogen-bond donors (Lipinski definition) is 3. The zero-order valence-corrected chi connectivity index (χ0v) is 12.7. The first-order valence-corrected chi connectivity index (χ1v) is 6.68. The number of halogens is 1. The van der Waals surface area contributed by atoms with Crippen molar-refractivity contribution in [3.63, 3.8) is 0 Å². The molecule has 0 spiro atoms. The molecule has 0 aliphatic heterocycles. The average molecular weight is 346 g/mol. The molecule has 0 radical (unpaired) electrons. The second-order valence-electron chi connectivity index (χ2n) is 4.49. The number of carboxylic acids is 1. The van der Waals surface area contributed by atoms with Gasteiger partial charge in [0.25, 0.3) is 5.91 Å². The molecule has 0 bridgehead atoms. The van der Waals surface area contributed by atoms with Crippen molar-refractivity contribution in [2.45, 2.75) is 25.6 Å². The molecule has 6 nitrogen and oxygen atoms in total. The minimum Gasteiger partial charge on any atom is -0.480 e. The summed E-state index contributed by atoms with van der Waals surface area (Å²) in [6.07, 6.45) is -0.821. The number of carbonyl (C=O) groups excluding carboxylic acids is 1. The number of nitrogens with one attached hydrogen (secondary N) is 1. The van der Waals surface area contributed by atoms with Crippen LogP contribution in [0.2, 0.25) is 0 Å². The third-order valence-electron chi connectivity index (χ3n) is 2.58. The lowest BCUT2D eigenvalue weighted by atomic mass is 10.1. The van der Waals surface area contributed by atoms with Gasteiger partial charge in [0.15, 0.2) is 11.7 Å². The molecule has 2 atom stereocenters. The predicted octanol–water partition coefficient (Wildman–Crippen LogP) is 1.17. The maximum Gasteiger partial charge on any atom is 0.337 e.